The summed E-state index contributed by atoms with van der Waals surface area (Å²) in [6.07, 6.45) is 3.10. The third-order valence-corrected chi connectivity index (χ3v) is 6.00. The molecular formula is C22H37N5O2. The van der Waals surface area contributed by atoms with Crippen molar-refractivity contribution in [3.05, 3.63) is 23.9 Å². The molecule has 0 spiro atoms. The van der Waals surface area contributed by atoms with Gasteiger partial charge in [-0.15, -0.1) is 0 Å². The molecule has 3 rings (SSSR count). The number of nitrogens with one attached hydrogen (secondary N) is 2. The number of hydrogen-bond acceptors (Lipinski definition) is 5. The Kier molecular flexibility index (Phi) is 7.35. The molecule has 0 aromatic carbocycles. The minimum atomic E-state index is -0.124. The summed E-state index contributed by atoms with van der Waals surface area (Å²) in [5, 5.41) is 6.05. The van der Waals surface area contributed by atoms with Crippen LogP contribution in [0.1, 0.15) is 39.7 Å². The summed E-state index contributed by atoms with van der Waals surface area (Å²) in [6, 6.07) is 3.87. The van der Waals surface area contributed by atoms with E-state index in [0.29, 0.717) is 24.9 Å². The van der Waals surface area contributed by atoms with Crippen molar-refractivity contribution >= 4 is 11.8 Å². The van der Waals surface area contributed by atoms with Crippen LogP contribution in [0.5, 0.6) is 0 Å². The number of carbonyl (C=O) groups is 1. The number of amides is 2. The quantitative estimate of drug-likeness (QED) is 0.764. The molecule has 1 aromatic rings. The Morgan fingerprint density at radius 1 is 1.21 bits per heavy atom. The smallest absolute Gasteiger partial charge is 0.315 e. The molecule has 2 aliphatic heterocycles. The molecule has 162 valence electrons. The van der Waals surface area contributed by atoms with Crippen LogP contribution in [0.3, 0.4) is 0 Å². The zero-order chi connectivity index (χ0) is 20.9. The van der Waals surface area contributed by atoms with E-state index in [1.54, 1.807) is 0 Å². The van der Waals surface area contributed by atoms with Crippen molar-refractivity contribution in [1.29, 1.82) is 0 Å². The lowest BCUT2D eigenvalue weighted by Gasteiger charge is -2.45. The number of anilines is 1. The number of ether oxygens (including phenoxy) is 1. The SMILES string of the molecule is CC1CC(C)CN(C(C)(C)CNC(=O)NCc2ccnc(N3CCOCC3)c2)C1. The van der Waals surface area contributed by atoms with Gasteiger partial charge in [0.1, 0.15) is 5.82 Å². The van der Waals surface area contributed by atoms with E-state index in [9.17, 15) is 4.79 Å². The van der Waals surface area contributed by atoms with Crippen molar-refractivity contribution < 1.29 is 9.53 Å². The molecule has 2 aliphatic rings. The molecule has 2 amide bonds. The van der Waals surface area contributed by atoms with Gasteiger partial charge in [0, 0.05) is 51.0 Å². The van der Waals surface area contributed by atoms with Crippen LogP contribution in [0.15, 0.2) is 18.3 Å². The van der Waals surface area contributed by atoms with Gasteiger partial charge in [0.2, 0.25) is 0 Å². The maximum absolute atomic E-state index is 12.4. The largest absolute Gasteiger partial charge is 0.378 e. The Balaban J connectivity index is 1.46. The molecule has 2 fully saturated rings. The number of hydrogen-bond donors (Lipinski definition) is 2. The Morgan fingerprint density at radius 3 is 2.59 bits per heavy atom. The van der Waals surface area contributed by atoms with Crippen molar-refractivity contribution in [1.82, 2.24) is 20.5 Å². The molecule has 2 N–H and O–H groups in total. The van der Waals surface area contributed by atoms with E-state index in [2.05, 4.69) is 53.1 Å². The van der Waals surface area contributed by atoms with Gasteiger partial charge in [-0.2, -0.15) is 0 Å². The van der Waals surface area contributed by atoms with E-state index in [1.807, 2.05) is 18.3 Å². The molecule has 2 saturated heterocycles. The van der Waals surface area contributed by atoms with Gasteiger partial charge in [-0.05, 0) is 49.8 Å². The molecule has 0 bridgehead atoms. The van der Waals surface area contributed by atoms with Gasteiger partial charge >= 0.3 is 6.03 Å². The van der Waals surface area contributed by atoms with Crippen LogP contribution in [0.4, 0.5) is 10.6 Å². The number of aromatic nitrogens is 1. The van der Waals surface area contributed by atoms with Crippen molar-refractivity contribution in [2.45, 2.75) is 46.2 Å². The van der Waals surface area contributed by atoms with E-state index >= 15 is 0 Å². The fraction of sp³-hybridized carbons (Fsp3) is 0.727. The molecule has 29 heavy (non-hydrogen) atoms. The van der Waals surface area contributed by atoms with Gasteiger partial charge in [-0.25, -0.2) is 9.78 Å². The number of urea groups is 1. The van der Waals surface area contributed by atoms with E-state index in [1.165, 1.54) is 6.42 Å². The van der Waals surface area contributed by atoms with Crippen LogP contribution < -0.4 is 15.5 Å². The fourth-order valence-electron chi connectivity index (χ4n) is 4.35. The molecule has 0 saturated carbocycles. The van der Waals surface area contributed by atoms with Crippen LogP contribution >= 0.6 is 0 Å². The average Bonchev–Trinajstić information content (AvgIpc) is 2.71. The number of likely N-dealkylation sites (tertiary alicyclic amines) is 1. The van der Waals surface area contributed by atoms with Gasteiger partial charge in [0.05, 0.1) is 13.2 Å². The first-order valence-electron chi connectivity index (χ1n) is 10.9. The molecular weight excluding hydrogens is 366 g/mol. The lowest BCUT2D eigenvalue weighted by atomic mass is 9.88. The molecule has 1 aromatic heterocycles. The second-order valence-corrected chi connectivity index (χ2v) is 9.32. The lowest BCUT2D eigenvalue weighted by Crippen LogP contribution is -2.56. The molecule has 3 heterocycles. The van der Waals surface area contributed by atoms with Gasteiger partial charge in [0.25, 0.3) is 0 Å². The minimum Gasteiger partial charge on any atom is -0.378 e. The number of morpholine rings is 1. The highest BCUT2D eigenvalue weighted by molar-refractivity contribution is 5.73. The first-order valence-corrected chi connectivity index (χ1v) is 10.9. The zero-order valence-corrected chi connectivity index (χ0v) is 18.4. The number of carbonyl (C=O) groups excluding carboxylic acids is 1. The van der Waals surface area contributed by atoms with Gasteiger partial charge in [-0.1, -0.05) is 13.8 Å². The lowest BCUT2D eigenvalue weighted by molar-refractivity contribution is 0.0472. The second kappa shape index (κ2) is 9.76. The van der Waals surface area contributed by atoms with Crippen molar-refractivity contribution in [2.24, 2.45) is 11.8 Å². The van der Waals surface area contributed by atoms with E-state index in [4.69, 9.17) is 4.74 Å². The van der Waals surface area contributed by atoms with Crippen molar-refractivity contribution in [2.75, 3.05) is 50.8 Å². The van der Waals surface area contributed by atoms with Gasteiger partial charge < -0.3 is 20.3 Å². The normalized spacial score (nSPS) is 23.7. The van der Waals surface area contributed by atoms with Crippen LogP contribution in [0, 0.1) is 11.8 Å². The van der Waals surface area contributed by atoms with E-state index in [-0.39, 0.29) is 11.6 Å². The summed E-state index contributed by atoms with van der Waals surface area (Å²) in [5.41, 5.74) is 0.995. The molecule has 2 atom stereocenters. The summed E-state index contributed by atoms with van der Waals surface area (Å²) >= 11 is 0. The first-order chi connectivity index (χ1) is 13.8. The highest BCUT2D eigenvalue weighted by atomic mass is 16.5. The molecule has 0 radical (unpaired) electrons. The third-order valence-electron chi connectivity index (χ3n) is 6.00. The molecule has 7 nitrogen and oxygen atoms in total. The third kappa shape index (κ3) is 6.31. The van der Waals surface area contributed by atoms with Crippen LogP contribution in [-0.4, -0.2) is 67.4 Å². The number of pyridine rings is 1. The first kappa shape index (κ1) is 21.8. The summed E-state index contributed by atoms with van der Waals surface area (Å²) in [7, 11) is 0. The monoisotopic (exact) mass is 403 g/mol. The highest BCUT2D eigenvalue weighted by Gasteiger charge is 2.32. The summed E-state index contributed by atoms with van der Waals surface area (Å²) in [6.45, 7) is 15.6. The molecule has 2 unspecified atom stereocenters. The second-order valence-electron chi connectivity index (χ2n) is 9.32. The predicted octanol–water partition coefficient (Wildman–Crippen LogP) is 2.47. The standard InChI is InChI=1S/C22H37N5O2/c1-17-11-18(2)15-27(14-17)22(3,4)16-25-21(28)24-13-19-5-6-23-20(12-19)26-7-9-29-10-8-26/h5-6,12,17-18H,7-11,13-16H2,1-4H3,(H2,24,25,28). The van der Waals surface area contributed by atoms with Gasteiger partial charge in [-0.3, -0.25) is 4.90 Å². The maximum atomic E-state index is 12.4. The van der Waals surface area contributed by atoms with Gasteiger partial charge in [0.15, 0.2) is 0 Å². The fourth-order valence-corrected chi connectivity index (χ4v) is 4.35. The van der Waals surface area contributed by atoms with Crippen molar-refractivity contribution in [3.63, 3.8) is 0 Å². The number of piperidine rings is 1. The topological polar surface area (TPSA) is 69.7 Å². The van der Waals surface area contributed by atoms with Crippen molar-refractivity contribution in [3.8, 4) is 0 Å². The van der Waals surface area contributed by atoms with Crippen LogP contribution in [0.25, 0.3) is 0 Å². The number of rotatable bonds is 6. The zero-order valence-electron chi connectivity index (χ0n) is 18.4. The Hall–Kier alpha value is -1.86. The molecule has 0 aliphatic carbocycles. The highest BCUT2D eigenvalue weighted by Crippen LogP contribution is 2.26. The Morgan fingerprint density at radius 2 is 1.90 bits per heavy atom. The Labute approximate surface area is 175 Å². The summed E-state index contributed by atoms with van der Waals surface area (Å²) < 4.78 is 5.40. The summed E-state index contributed by atoms with van der Waals surface area (Å²) in [4.78, 5) is 21.6. The maximum Gasteiger partial charge on any atom is 0.315 e. The predicted molar refractivity (Wildman–Crippen MR) is 116 cm³/mol. The van der Waals surface area contributed by atoms with E-state index < -0.39 is 0 Å². The minimum absolute atomic E-state index is 0.0551. The average molecular weight is 404 g/mol. The van der Waals surface area contributed by atoms with E-state index in [0.717, 1.165) is 50.8 Å². The van der Waals surface area contributed by atoms with Crippen LogP contribution in [0.2, 0.25) is 0 Å². The molecule has 7 heteroatoms. The Bertz CT molecular complexity index is 665. The summed E-state index contributed by atoms with van der Waals surface area (Å²) in [5.74, 6) is 2.36. The van der Waals surface area contributed by atoms with Crippen LogP contribution in [-0.2, 0) is 11.3 Å². The number of nitrogens with zero attached hydrogens (tertiary/aromatic N) is 3.